The lowest BCUT2D eigenvalue weighted by Crippen LogP contribution is -1.90. The number of aryl methyl sites for hydroxylation is 3. The lowest BCUT2D eigenvalue weighted by atomic mass is 10.1. The van der Waals surface area contributed by atoms with E-state index in [1.54, 1.807) is 34.3 Å². The summed E-state index contributed by atoms with van der Waals surface area (Å²) in [5.74, 6) is 0.890. The van der Waals surface area contributed by atoms with Crippen LogP contribution in [0.1, 0.15) is 40.4 Å². The van der Waals surface area contributed by atoms with Gasteiger partial charge in [0.05, 0.1) is 10.7 Å². The molecule has 0 atom stereocenters. The largest absolute Gasteiger partial charge is 0.246 e. The third kappa shape index (κ3) is 2.79. The summed E-state index contributed by atoms with van der Waals surface area (Å²) in [5.41, 5.74) is 2.68. The molecule has 0 saturated carbocycles. The Morgan fingerprint density at radius 2 is 2.09 bits per heavy atom. The molecule has 6 heteroatoms. The Morgan fingerprint density at radius 3 is 2.95 bits per heavy atom. The van der Waals surface area contributed by atoms with Crippen molar-refractivity contribution in [3.63, 3.8) is 0 Å². The second-order valence-electron chi connectivity index (χ2n) is 5.57. The number of thiophene rings is 1. The normalized spacial score (nSPS) is 15.0. The molecule has 3 heterocycles. The summed E-state index contributed by atoms with van der Waals surface area (Å²) in [7, 11) is 0. The van der Waals surface area contributed by atoms with E-state index in [1.807, 2.05) is 11.3 Å². The lowest BCUT2D eigenvalue weighted by Gasteiger charge is -2.04. The van der Waals surface area contributed by atoms with E-state index in [0.29, 0.717) is 0 Å². The van der Waals surface area contributed by atoms with Crippen LogP contribution in [0.2, 0.25) is 0 Å². The quantitative estimate of drug-likeness (QED) is 0.379. The molecule has 0 unspecified atom stereocenters. The van der Waals surface area contributed by atoms with Crippen LogP contribution in [0.5, 0.6) is 0 Å². The van der Waals surface area contributed by atoms with Gasteiger partial charge in [-0.1, -0.05) is 18.2 Å². The highest BCUT2D eigenvalue weighted by atomic mass is 32.2. The molecule has 0 amide bonds. The van der Waals surface area contributed by atoms with Gasteiger partial charge in [0.2, 0.25) is 0 Å². The highest BCUT2D eigenvalue weighted by Crippen LogP contribution is 2.39. The number of aromatic nitrogens is 3. The van der Waals surface area contributed by atoms with Gasteiger partial charge >= 0.3 is 0 Å². The van der Waals surface area contributed by atoms with Gasteiger partial charge in [-0.15, -0.1) is 22.7 Å². The summed E-state index contributed by atoms with van der Waals surface area (Å²) in [6.45, 7) is 2.06. The maximum atomic E-state index is 4.57. The second-order valence-corrected chi connectivity index (χ2v) is 8.68. The van der Waals surface area contributed by atoms with E-state index in [2.05, 4.69) is 27.3 Å². The Balaban J connectivity index is 1.69. The molecule has 3 nitrogen and oxygen atoms in total. The molecule has 0 fully saturated rings. The number of fused-ring (bicyclic) bond motifs is 3. The number of thiazole rings is 1. The number of rotatable bonds is 3. The van der Waals surface area contributed by atoms with Gasteiger partial charge in [-0.2, -0.15) is 0 Å². The number of thioether (sulfide) groups is 1. The van der Waals surface area contributed by atoms with Crippen molar-refractivity contribution in [2.24, 2.45) is 0 Å². The molecule has 3 aromatic heterocycles. The lowest BCUT2D eigenvalue weighted by molar-refractivity contribution is 0.713. The molecule has 22 heavy (non-hydrogen) atoms. The molecular formula is C16H17N3S3. The fourth-order valence-electron chi connectivity index (χ4n) is 2.96. The molecule has 3 aromatic rings. The monoisotopic (exact) mass is 347 g/mol. The average Bonchev–Trinajstić information content (AvgIpc) is 3.02. The number of hydrogen-bond acceptors (Lipinski definition) is 6. The molecule has 0 aliphatic heterocycles. The minimum atomic E-state index is 0.890. The van der Waals surface area contributed by atoms with E-state index in [-0.39, 0.29) is 0 Å². The third-order valence-electron chi connectivity index (χ3n) is 3.99. The van der Waals surface area contributed by atoms with Gasteiger partial charge in [0.15, 0.2) is 0 Å². The molecule has 114 valence electrons. The fourth-order valence-corrected chi connectivity index (χ4v) is 5.89. The minimum absolute atomic E-state index is 0.890. The SMILES string of the molecule is Cc1nc(CSc2ncnc3sc4c(c23)CCCCC4)cs1. The second kappa shape index (κ2) is 6.26. The van der Waals surface area contributed by atoms with Crippen molar-refractivity contribution in [1.29, 1.82) is 0 Å². The summed E-state index contributed by atoms with van der Waals surface area (Å²) in [5, 5.41) is 5.73. The zero-order chi connectivity index (χ0) is 14.9. The number of hydrogen-bond donors (Lipinski definition) is 0. The zero-order valence-corrected chi connectivity index (χ0v) is 14.9. The molecule has 4 rings (SSSR count). The Morgan fingerprint density at radius 1 is 1.18 bits per heavy atom. The van der Waals surface area contributed by atoms with Crippen LogP contribution in [-0.4, -0.2) is 15.0 Å². The molecule has 0 N–H and O–H groups in total. The van der Waals surface area contributed by atoms with E-state index < -0.39 is 0 Å². The summed E-state index contributed by atoms with van der Waals surface area (Å²) >= 11 is 5.39. The van der Waals surface area contributed by atoms with Crippen LogP contribution in [-0.2, 0) is 18.6 Å². The standard InChI is InChI=1S/C16H17N3S3/c1-10-19-11(7-20-10)8-21-15-14-12-5-3-2-4-6-13(12)22-16(14)18-9-17-15/h7,9H,2-6,8H2,1H3. The number of nitrogens with zero attached hydrogens (tertiary/aromatic N) is 3. The van der Waals surface area contributed by atoms with Crippen LogP contribution >= 0.6 is 34.4 Å². The summed E-state index contributed by atoms with van der Waals surface area (Å²) in [6.07, 6.45) is 8.07. The van der Waals surface area contributed by atoms with Gasteiger partial charge < -0.3 is 0 Å². The van der Waals surface area contributed by atoms with Crippen LogP contribution in [0.15, 0.2) is 16.7 Å². The fraction of sp³-hybridized carbons (Fsp3) is 0.438. The first kappa shape index (κ1) is 14.6. The van der Waals surface area contributed by atoms with Crippen molar-refractivity contribution >= 4 is 44.7 Å². The van der Waals surface area contributed by atoms with Gasteiger partial charge in [0.25, 0.3) is 0 Å². The van der Waals surface area contributed by atoms with Gasteiger partial charge in [-0.25, -0.2) is 15.0 Å². The summed E-state index contributed by atoms with van der Waals surface area (Å²) in [6, 6.07) is 0. The van der Waals surface area contributed by atoms with Crippen molar-refractivity contribution < 1.29 is 0 Å². The van der Waals surface area contributed by atoms with Crippen molar-refractivity contribution in [1.82, 2.24) is 15.0 Å². The van der Waals surface area contributed by atoms with Crippen molar-refractivity contribution in [2.45, 2.75) is 49.8 Å². The predicted molar refractivity (Wildman–Crippen MR) is 95.1 cm³/mol. The first-order valence-corrected chi connectivity index (χ1v) is 10.3. The Labute approximate surface area is 142 Å². The average molecular weight is 348 g/mol. The van der Waals surface area contributed by atoms with E-state index in [4.69, 9.17) is 0 Å². The minimum Gasteiger partial charge on any atom is -0.246 e. The predicted octanol–water partition coefficient (Wildman–Crippen LogP) is 5.02. The molecular weight excluding hydrogens is 330 g/mol. The zero-order valence-electron chi connectivity index (χ0n) is 12.5. The van der Waals surface area contributed by atoms with Crippen LogP contribution in [0, 0.1) is 6.92 Å². The summed E-state index contributed by atoms with van der Waals surface area (Å²) < 4.78 is 0. The van der Waals surface area contributed by atoms with Crippen molar-refractivity contribution in [2.75, 3.05) is 0 Å². The molecule has 0 radical (unpaired) electrons. The Hall–Kier alpha value is -0.980. The van der Waals surface area contributed by atoms with Crippen LogP contribution in [0.3, 0.4) is 0 Å². The highest BCUT2D eigenvalue weighted by molar-refractivity contribution is 7.98. The molecule has 1 aliphatic rings. The van der Waals surface area contributed by atoms with Gasteiger partial charge in [0, 0.05) is 21.4 Å². The molecule has 0 saturated heterocycles. The maximum absolute atomic E-state index is 4.57. The first-order valence-electron chi connectivity index (χ1n) is 7.60. The Bertz CT molecular complexity index is 806. The molecule has 0 spiro atoms. The Kier molecular flexibility index (Phi) is 4.15. The first-order chi connectivity index (χ1) is 10.8. The van der Waals surface area contributed by atoms with E-state index >= 15 is 0 Å². The highest BCUT2D eigenvalue weighted by Gasteiger charge is 2.19. The van der Waals surface area contributed by atoms with E-state index in [1.165, 1.54) is 47.9 Å². The van der Waals surface area contributed by atoms with Crippen LogP contribution in [0.4, 0.5) is 0 Å². The van der Waals surface area contributed by atoms with Crippen molar-refractivity contribution in [3.8, 4) is 0 Å². The molecule has 1 aliphatic carbocycles. The van der Waals surface area contributed by atoms with Crippen LogP contribution in [0.25, 0.3) is 10.2 Å². The topological polar surface area (TPSA) is 38.7 Å². The summed E-state index contributed by atoms with van der Waals surface area (Å²) in [4.78, 5) is 16.4. The molecule has 0 bridgehead atoms. The molecule has 0 aromatic carbocycles. The van der Waals surface area contributed by atoms with Crippen LogP contribution < -0.4 is 0 Å². The van der Waals surface area contributed by atoms with Crippen molar-refractivity contribution in [3.05, 3.63) is 32.8 Å². The third-order valence-corrected chi connectivity index (χ3v) is 7.04. The van der Waals surface area contributed by atoms with Gasteiger partial charge in [0.1, 0.15) is 16.2 Å². The smallest absolute Gasteiger partial charge is 0.128 e. The van der Waals surface area contributed by atoms with Gasteiger partial charge in [-0.3, -0.25) is 0 Å². The van der Waals surface area contributed by atoms with Gasteiger partial charge in [-0.05, 0) is 38.2 Å². The van der Waals surface area contributed by atoms with E-state index in [9.17, 15) is 0 Å². The maximum Gasteiger partial charge on any atom is 0.128 e. The van der Waals surface area contributed by atoms with E-state index in [0.717, 1.165) is 21.5 Å².